The summed E-state index contributed by atoms with van der Waals surface area (Å²) in [6.07, 6.45) is -5.79. The van der Waals surface area contributed by atoms with Gasteiger partial charge in [-0.3, -0.25) is 9.59 Å². The number of carbonyl (C=O) groups excluding carboxylic acids is 3. The van der Waals surface area contributed by atoms with Gasteiger partial charge in [0.25, 0.3) is 0 Å². The maximum atomic E-state index is 13.4. The third-order valence-corrected chi connectivity index (χ3v) is 6.38. The van der Waals surface area contributed by atoms with Crippen molar-refractivity contribution in [2.45, 2.75) is 51.2 Å². The van der Waals surface area contributed by atoms with Crippen molar-refractivity contribution in [1.29, 1.82) is 5.26 Å². The fraction of sp³-hybridized carbons (Fsp3) is 0.545. The van der Waals surface area contributed by atoms with Crippen LogP contribution < -0.4 is 4.90 Å². The van der Waals surface area contributed by atoms with Crippen LogP contribution in [0.25, 0.3) is 0 Å². The largest absolute Gasteiger partial charge is 0.447 e. The maximum Gasteiger partial charge on any atom is 0.417 e. The van der Waals surface area contributed by atoms with Gasteiger partial charge in [-0.2, -0.15) is 18.4 Å². The molecule has 0 aromatic heterocycles. The molecule has 3 amide bonds. The maximum absolute atomic E-state index is 13.4. The summed E-state index contributed by atoms with van der Waals surface area (Å²) < 4.78 is 51.7. The van der Waals surface area contributed by atoms with Gasteiger partial charge in [0.15, 0.2) is 0 Å². The molecule has 4 rings (SSSR count). The van der Waals surface area contributed by atoms with Crippen molar-refractivity contribution in [2.75, 3.05) is 18.0 Å². The summed E-state index contributed by atoms with van der Waals surface area (Å²) in [5.41, 5.74) is -4.55. The molecule has 176 valence electrons. The Balaban J connectivity index is 1.72. The molecule has 0 N–H and O–H groups in total. The average molecular weight is 465 g/mol. The van der Waals surface area contributed by atoms with Crippen molar-refractivity contribution < 1.29 is 37.0 Å². The second kappa shape index (κ2) is 7.18. The van der Waals surface area contributed by atoms with Crippen molar-refractivity contribution in [1.82, 2.24) is 4.90 Å². The van der Waals surface area contributed by atoms with Crippen LogP contribution in [0.3, 0.4) is 0 Å². The number of nitriles is 1. The number of likely N-dealkylation sites (tertiary alicyclic amines) is 1. The number of morpholine rings is 1. The van der Waals surface area contributed by atoms with E-state index in [0.717, 1.165) is 17.0 Å². The van der Waals surface area contributed by atoms with E-state index < -0.39 is 58.2 Å². The van der Waals surface area contributed by atoms with Gasteiger partial charge < -0.3 is 14.4 Å². The lowest BCUT2D eigenvalue weighted by atomic mass is 9.79. The highest BCUT2D eigenvalue weighted by molar-refractivity contribution is 6.23. The lowest BCUT2D eigenvalue weighted by Gasteiger charge is -2.44. The lowest BCUT2D eigenvalue weighted by molar-refractivity contribution is -0.165. The third-order valence-electron chi connectivity index (χ3n) is 6.38. The molecule has 11 heteroatoms. The van der Waals surface area contributed by atoms with E-state index in [1.54, 1.807) is 27.7 Å². The van der Waals surface area contributed by atoms with Crippen molar-refractivity contribution in [3.63, 3.8) is 0 Å². The Labute approximate surface area is 187 Å². The SMILES string of the molecule is CC(C)OC(=O)N1CC2(C)OC(C)(C1)C1C(=O)N(c3ccc(C#N)c(C(F)(F)F)c3)C(=O)C12. The van der Waals surface area contributed by atoms with Crippen molar-refractivity contribution >= 4 is 23.6 Å². The molecule has 0 spiro atoms. The molecule has 3 fully saturated rings. The smallest absolute Gasteiger partial charge is 0.417 e. The van der Waals surface area contributed by atoms with Crippen LogP contribution in [0.4, 0.5) is 23.7 Å². The van der Waals surface area contributed by atoms with Crippen LogP contribution in [-0.2, 0) is 25.2 Å². The number of carbonyl (C=O) groups is 3. The molecule has 2 bridgehead atoms. The van der Waals surface area contributed by atoms with E-state index in [1.165, 1.54) is 11.0 Å². The summed E-state index contributed by atoms with van der Waals surface area (Å²) in [5, 5.41) is 9.02. The minimum Gasteiger partial charge on any atom is -0.447 e. The number of anilines is 1. The fourth-order valence-electron chi connectivity index (χ4n) is 5.30. The molecule has 0 radical (unpaired) electrons. The Hall–Kier alpha value is -3.13. The molecule has 3 aliphatic rings. The topological polar surface area (TPSA) is 99.9 Å². The molecule has 3 aliphatic heterocycles. The third kappa shape index (κ3) is 3.44. The van der Waals surface area contributed by atoms with Crippen LogP contribution in [0.2, 0.25) is 0 Å². The zero-order valence-corrected chi connectivity index (χ0v) is 18.4. The van der Waals surface area contributed by atoms with Crippen LogP contribution in [0, 0.1) is 23.2 Å². The highest BCUT2D eigenvalue weighted by atomic mass is 19.4. The van der Waals surface area contributed by atoms with Gasteiger partial charge >= 0.3 is 12.3 Å². The Morgan fingerprint density at radius 2 is 1.73 bits per heavy atom. The van der Waals surface area contributed by atoms with Crippen LogP contribution >= 0.6 is 0 Å². The first kappa shape index (κ1) is 23.0. The van der Waals surface area contributed by atoms with Crippen LogP contribution in [0.15, 0.2) is 18.2 Å². The quantitative estimate of drug-likeness (QED) is 0.623. The number of rotatable bonds is 2. The number of imide groups is 1. The predicted octanol–water partition coefficient (Wildman–Crippen LogP) is 3.09. The van der Waals surface area contributed by atoms with Crippen molar-refractivity contribution in [3.05, 3.63) is 29.3 Å². The fourth-order valence-corrected chi connectivity index (χ4v) is 5.30. The van der Waals surface area contributed by atoms with Crippen LogP contribution in [0.1, 0.15) is 38.8 Å². The summed E-state index contributed by atoms with van der Waals surface area (Å²) in [4.78, 5) is 41.5. The van der Waals surface area contributed by atoms with Gasteiger partial charge in [-0.1, -0.05) is 0 Å². The standard InChI is InChI=1S/C22H22F3N3O5/c1-11(2)32-19(31)27-9-20(3)15-16(21(4,10-27)33-20)18(30)28(17(15)29)13-6-5-12(8-26)14(7-13)22(23,24)25/h5-7,11,15-16H,9-10H2,1-4H3. The van der Waals surface area contributed by atoms with Crippen LogP contribution in [-0.4, -0.2) is 53.2 Å². The normalized spacial score (nSPS) is 31.1. The number of ether oxygens (including phenoxy) is 2. The number of hydrogen-bond donors (Lipinski definition) is 0. The van der Waals surface area contributed by atoms with E-state index in [0.29, 0.717) is 6.07 Å². The molecule has 33 heavy (non-hydrogen) atoms. The first-order chi connectivity index (χ1) is 15.2. The zero-order valence-electron chi connectivity index (χ0n) is 18.4. The lowest BCUT2D eigenvalue weighted by Crippen LogP contribution is -2.59. The summed E-state index contributed by atoms with van der Waals surface area (Å²) in [5.74, 6) is -3.38. The number of halogens is 3. The molecule has 3 heterocycles. The highest BCUT2D eigenvalue weighted by Crippen LogP contribution is 2.55. The van der Waals surface area contributed by atoms with Gasteiger partial charge in [-0.25, -0.2) is 9.69 Å². The highest BCUT2D eigenvalue weighted by Gasteiger charge is 2.72. The first-order valence-electron chi connectivity index (χ1n) is 10.4. The molecule has 4 atom stereocenters. The Morgan fingerprint density at radius 3 is 2.18 bits per heavy atom. The summed E-state index contributed by atoms with van der Waals surface area (Å²) in [6.45, 7) is 6.59. The molecule has 1 aromatic carbocycles. The summed E-state index contributed by atoms with van der Waals surface area (Å²) >= 11 is 0. The van der Waals surface area contributed by atoms with Gasteiger partial charge in [-0.15, -0.1) is 0 Å². The second-order valence-electron chi connectivity index (χ2n) is 9.32. The Kier molecular flexibility index (Phi) is 5.02. The van der Waals surface area contributed by atoms with Gasteiger partial charge in [0, 0.05) is 0 Å². The summed E-state index contributed by atoms with van der Waals surface area (Å²) in [7, 11) is 0. The molecular formula is C22H22F3N3O5. The van der Waals surface area contributed by atoms with E-state index in [4.69, 9.17) is 14.7 Å². The van der Waals surface area contributed by atoms with Crippen LogP contribution in [0.5, 0.6) is 0 Å². The van der Waals surface area contributed by atoms with Gasteiger partial charge in [0.1, 0.15) is 0 Å². The first-order valence-corrected chi connectivity index (χ1v) is 10.4. The van der Waals surface area contributed by atoms with Gasteiger partial charge in [-0.05, 0) is 45.9 Å². The second-order valence-corrected chi connectivity index (χ2v) is 9.32. The van der Waals surface area contributed by atoms with E-state index >= 15 is 0 Å². The summed E-state index contributed by atoms with van der Waals surface area (Å²) in [6, 6.07) is 4.21. The number of alkyl halides is 3. The molecule has 1 aromatic rings. The van der Waals surface area contributed by atoms with Crippen molar-refractivity contribution in [3.8, 4) is 6.07 Å². The Morgan fingerprint density at radius 1 is 1.18 bits per heavy atom. The molecule has 4 unspecified atom stereocenters. The molecule has 3 saturated heterocycles. The van der Waals surface area contributed by atoms with Crippen molar-refractivity contribution in [2.24, 2.45) is 11.8 Å². The Bertz CT molecular complexity index is 1060. The number of amides is 3. The van der Waals surface area contributed by atoms with Gasteiger partial charge in [0.2, 0.25) is 11.8 Å². The van der Waals surface area contributed by atoms with E-state index in [1.807, 2.05) is 0 Å². The molecule has 8 nitrogen and oxygen atoms in total. The van der Waals surface area contributed by atoms with E-state index in [2.05, 4.69) is 0 Å². The number of hydrogen-bond acceptors (Lipinski definition) is 6. The molecular weight excluding hydrogens is 443 g/mol. The minimum absolute atomic E-state index is 0.0106. The van der Waals surface area contributed by atoms with E-state index in [9.17, 15) is 27.6 Å². The number of nitrogens with zero attached hydrogens (tertiary/aromatic N) is 3. The zero-order chi connectivity index (χ0) is 24.5. The van der Waals surface area contributed by atoms with E-state index in [-0.39, 0.29) is 24.9 Å². The molecule has 0 saturated carbocycles. The average Bonchev–Trinajstić information content (AvgIpc) is 3.06. The number of benzene rings is 1. The number of fused-ring (bicyclic) bond motifs is 5. The minimum atomic E-state index is -4.84. The monoisotopic (exact) mass is 465 g/mol. The van der Waals surface area contributed by atoms with Gasteiger partial charge in [0.05, 0.1) is 65.1 Å². The predicted molar refractivity (Wildman–Crippen MR) is 107 cm³/mol. The molecule has 0 aliphatic carbocycles.